The zero-order valence-corrected chi connectivity index (χ0v) is 13.8. The lowest BCUT2D eigenvalue weighted by atomic mass is 10.1. The molecule has 0 unspecified atom stereocenters. The van der Waals surface area contributed by atoms with Crippen LogP contribution in [0.25, 0.3) is 6.08 Å². The number of ether oxygens (including phenoxy) is 2. The van der Waals surface area contributed by atoms with Crippen LogP contribution in [0.2, 0.25) is 0 Å². The molecule has 1 N–H and O–H groups in total. The van der Waals surface area contributed by atoms with E-state index in [4.69, 9.17) is 9.47 Å². The largest absolute Gasteiger partial charge is 0.497 e. The van der Waals surface area contributed by atoms with Crippen molar-refractivity contribution < 1.29 is 14.3 Å². The van der Waals surface area contributed by atoms with Crippen LogP contribution in [0.4, 0.5) is 5.69 Å². The molecule has 2 aromatic carbocycles. The van der Waals surface area contributed by atoms with Crippen molar-refractivity contribution in [2.75, 3.05) is 19.5 Å². The smallest absolute Gasteiger partial charge is 0.248 e. The highest BCUT2D eigenvalue weighted by molar-refractivity contribution is 6.03. The standard InChI is InChI=1S/C19H21NO3/c1-13-5-6-15(14(2)11-13)7-10-19(21)20-17-12-16(22-3)8-9-18(17)23-4/h5-12H,1-4H3,(H,20,21)/b10-7+. The Morgan fingerprint density at radius 2 is 1.83 bits per heavy atom. The summed E-state index contributed by atoms with van der Waals surface area (Å²) < 4.78 is 10.4. The molecular weight excluding hydrogens is 290 g/mol. The van der Waals surface area contributed by atoms with Gasteiger partial charge in [0.25, 0.3) is 0 Å². The van der Waals surface area contributed by atoms with Crippen LogP contribution in [0, 0.1) is 13.8 Å². The molecule has 1 amide bonds. The molecule has 23 heavy (non-hydrogen) atoms. The summed E-state index contributed by atoms with van der Waals surface area (Å²) in [5.74, 6) is 1.01. The molecule has 2 rings (SSSR count). The van der Waals surface area contributed by atoms with Crippen LogP contribution in [0.3, 0.4) is 0 Å². The summed E-state index contributed by atoms with van der Waals surface area (Å²) in [6.07, 6.45) is 3.31. The van der Waals surface area contributed by atoms with E-state index in [1.807, 2.05) is 26.0 Å². The fraction of sp³-hybridized carbons (Fsp3) is 0.211. The van der Waals surface area contributed by atoms with E-state index >= 15 is 0 Å². The molecule has 0 atom stereocenters. The van der Waals surface area contributed by atoms with Crippen molar-refractivity contribution in [3.63, 3.8) is 0 Å². The van der Waals surface area contributed by atoms with Crippen molar-refractivity contribution >= 4 is 17.7 Å². The molecule has 120 valence electrons. The van der Waals surface area contributed by atoms with Gasteiger partial charge in [-0.15, -0.1) is 0 Å². The number of hydrogen-bond acceptors (Lipinski definition) is 3. The number of amides is 1. The van der Waals surface area contributed by atoms with Crippen molar-refractivity contribution in [3.05, 3.63) is 59.2 Å². The molecule has 4 heteroatoms. The van der Waals surface area contributed by atoms with Gasteiger partial charge in [0, 0.05) is 12.1 Å². The van der Waals surface area contributed by atoms with E-state index in [2.05, 4.69) is 11.4 Å². The monoisotopic (exact) mass is 311 g/mol. The third-order valence-corrected chi connectivity index (χ3v) is 3.50. The zero-order valence-electron chi connectivity index (χ0n) is 13.8. The summed E-state index contributed by atoms with van der Waals surface area (Å²) >= 11 is 0. The average Bonchev–Trinajstić information content (AvgIpc) is 2.54. The maximum absolute atomic E-state index is 12.1. The topological polar surface area (TPSA) is 47.6 Å². The normalized spacial score (nSPS) is 10.6. The quantitative estimate of drug-likeness (QED) is 0.850. The van der Waals surface area contributed by atoms with Gasteiger partial charge < -0.3 is 14.8 Å². The predicted octanol–water partition coefficient (Wildman–Crippen LogP) is 3.97. The number of carbonyl (C=O) groups is 1. The highest BCUT2D eigenvalue weighted by Crippen LogP contribution is 2.28. The van der Waals surface area contributed by atoms with E-state index in [1.54, 1.807) is 38.5 Å². The van der Waals surface area contributed by atoms with E-state index < -0.39 is 0 Å². The first kappa shape index (κ1) is 16.6. The molecule has 2 aromatic rings. The van der Waals surface area contributed by atoms with E-state index in [9.17, 15) is 4.79 Å². The summed E-state index contributed by atoms with van der Waals surface area (Å²) in [6, 6.07) is 11.4. The lowest BCUT2D eigenvalue weighted by molar-refractivity contribution is -0.111. The predicted molar refractivity (Wildman–Crippen MR) is 93.1 cm³/mol. The van der Waals surface area contributed by atoms with Crippen molar-refractivity contribution in [2.45, 2.75) is 13.8 Å². The SMILES string of the molecule is COc1ccc(OC)c(NC(=O)/C=C/c2ccc(C)cc2C)c1. The van der Waals surface area contributed by atoms with Gasteiger partial charge in [0.15, 0.2) is 0 Å². The molecule has 0 radical (unpaired) electrons. The second-order valence-electron chi connectivity index (χ2n) is 5.25. The summed E-state index contributed by atoms with van der Waals surface area (Å²) in [5, 5.41) is 2.81. The van der Waals surface area contributed by atoms with Crippen molar-refractivity contribution in [1.82, 2.24) is 0 Å². The van der Waals surface area contributed by atoms with Crippen LogP contribution in [-0.4, -0.2) is 20.1 Å². The van der Waals surface area contributed by atoms with E-state index in [0.717, 1.165) is 11.1 Å². The number of benzene rings is 2. The molecular formula is C19H21NO3. The third kappa shape index (κ3) is 4.36. The molecule has 0 saturated carbocycles. The van der Waals surface area contributed by atoms with Gasteiger partial charge in [-0.2, -0.15) is 0 Å². The number of carbonyl (C=O) groups excluding carboxylic acids is 1. The molecule has 0 aliphatic heterocycles. The number of methoxy groups -OCH3 is 2. The van der Waals surface area contributed by atoms with Crippen LogP contribution in [0.5, 0.6) is 11.5 Å². The number of aryl methyl sites for hydroxylation is 2. The fourth-order valence-corrected chi connectivity index (χ4v) is 2.26. The second kappa shape index (κ2) is 7.49. The molecule has 0 aliphatic carbocycles. The van der Waals surface area contributed by atoms with Gasteiger partial charge in [0.1, 0.15) is 11.5 Å². The summed E-state index contributed by atoms with van der Waals surface area (Å²) in [5.41, 5.74) is 3.92. The van der Waals surface area contributed by atoms with E-state index in [-0.39, 0.29) is 5.91 Å². The van der Waals surface area contributed by atoms with Gasteiger partial charge in [-0.1, -0.05) is 23.8 Å². The highest BCUT2D eigenvalue weighted by atomic mass is 16.5. The first-order valence-electron chi connectivity index (χ1n) is 7.32. The molecule has 0 aromatic heterocycles. The molecule has 0 saturated heterocycles. The molecule has 0 aliphatic rings. The number of hydrogen-bond donors (Lipinski definition) is 1. The molecule has 0 bridgehead atoms. The lowest BCUT2D eigenvalue weighted by Crippen LogP contribution is -2.09. The molecule has 0 spiro atoms. The summed E-state index contributed by atoms with van der Waals surface area (Å²) in [6.45, 7) is 4.07. The Bertz CT molecular complexity index is 735. The average molecular weight is 311 g/mol. The number of rotatable bonds is 5. The van der Waals surface area contributed by atoms with Crippen LogP contribution in [0.1, 0.15) is 16.7 Å². The van der Waals surface area contributed by atoms with Gasteiger partial charge in [0.2, 0.25) is 5.91 Å². The minimum absolute atomic E-state index is 0.225. The Labute approximate surface area is 136 Å². The highest BCUT2D eigenvalue weighted by Gasteiger charge is 2.07. The van der Waals surface area contributed by atoms with Crippen molar-refractivity contribution in [3.8, 4) is 11.5 Å². The van der Waals surface area contributed by atoms with Gasteiger partial charge in [0.05, 0.1) is 19.9 Å². The van der Waals surface area contributed by atoms with E-state index in [1.165, 1.54) is 11.6 Å². The Hall–Kier alpha value is -2.75. The number of nitrogens with one attached hydrogen (secondary N) is 1. The van der Waals surface area contributed by atoms with Crippen LogP contribution in [-0.2, 0) is 4.79 Å². The second-order valence-corrected chi connectivity index (χ2v) is 5.25. The minimum Gasteiger partial charge on any atom is -0.497 e. The molecule has 0 fully saturated rings. The Balaban J connectivity index is 2.14. The number of anilines is 1. The maximum atomic E-state index is 12.1. The Morgan fingerprint density at radius 3 is 2.48 bits per heavy atom. The maximum Gasteiger partial charge on any atom is 0.248 e. The van der Waals surface area contributed by atoms with E-state index in [0.29, 0.717) is 17.2 Å². The minimum atomic E-state index is -0.225. The third-order valence-electron chi connectivity index (χ3n) is 3.50. The summed E-state index contributed by atoms with van der Waals surface area (Å²) in [4.78, 5) is 12.1. The van der Waals surface area contributed by atoms with Crippen LogP contribution < -0.4 is 14.8 Å². The van der Waals surface area contributed by atoms with Crippen LogP contribution in [0.15, 0.2) is 42.5 Å². The first-order valence-corrected chi connectivity index (χ1v) is 7.32. The van der Waals surface area contributed by atoms with Gasteiger partial charge >= 0.3 is 0 Å². The summed E-state index contributed by atoms with van der Waals surface area (Å²) in [7, 11) is 3.14. The van der Waals surface area contributed by atoms with Crippen molar-refractivity contribution in [2.24, 2.45) is 0 Å². The Kier molecular flexibility index (Phi) is 5.41. The molecule has 0 heterocycles. The first-order chi connectivity index (χ1) is 11.0. The zero-order chi connectivity index (χ0) is 16.8. The van der Waals surface area contributed by atoms with Gasteiger partial charge in [-0.25, -0.2) is 0 Å². The van der Waals surface area contributed by atoms with Crippen LogP contribution >= 0.6 is 0 Å². The van der Waals surface area contributed by atoms with Gasteiger partial charge in [-0.05, 0) is 43.2 Å². The van der Waals surface area contributed by atoms with Crippen molar-refractivity contribution in [1.29, 1.82) is 0 Å². The Morgan fingerprint density at radius 1 is 1.04 bits per heavy atom. The lowest BCUT2D eigenvalue weighted by Gasteiger charge is -2.10. The van der Waals surface area contributed by atoms with Gasteiger partial charge in [-0.3, -0.25) is 4.79 Å². The molecule has 4 nitrogen and oxygen atoms in total. The fourth-order valence-electron chi connectivity index (χ4n) is 2.26.